The van der Waals surface area contributed by atoms with Gasteiger partial charge in [0.15, 0.2) is 0 Å². The van der Waals surface area contributed by atoms with Crippen LogP contribution in [0.5, 0.6) is 0 Å². The lowest BCUT2D eigenvalue weighted by Crippen LogP contribution is -2.37. The number of carbonyl (C=O) groups is 1. The highest BCUT2D eigenvalue weighted by Gasteiger charge is 2.36. The fourth-order valence-corrected chi connectivity index (χ4v) is 5.56. The van der Waals surface area contributed by atoms with E-state index in [2.05, 4.69) is 16.6 Å². The van der Waals surface area contributed by atoms with E-state index in [1.807, 2.05) is 0 Å². The minimum atomic E-state index is -4.81. The molecule has 0 saturated heterocycles. The van der Waals surface area contributed by atoms with Crippen LogP contribution in [0.1, 0.15) is 27.5 Å². The van der Waals surface area contributed by atoms with E-state index in [0.717, 1.165) is 16.7 Å². The van der Waals surface area contributed by atoms with Crippen LogP contribution in [0.25, 0.3) is 5.57 Å². The minimum Gasteiger partial charge on any atom is -0.394 e. The van der Waals surface area contributed by atoms with E-state index in [1.54, 1.807) is 35.2 Å². The first kappa shape index (κ1) is 25.9. The zero-order chi connectivity index (χ0) is 26.0. The van der Waals surface area contributed by atoms with Crippen molar-refractivity contribution in [2.75, 3.05) is 6.54 Å². The van der Waals surface area contributed by atoms with Gasteiger partial charge in [-0.3, -0.25) is 14.8 Å². The number of rotatable bonds is 5. The van der Waals surface area contributed by atoms with Crippen molar-refractivity contribution in [3.8, 4) is 0 Å². The Hall–Kier alpha value is -3.14. The molecule has 0 saturated carbocycles. The van der Waals surface area contributed by atoms with Crippen LogP contribution in [0.4, 0.5) is 18.9 Å². The van der Waals surface area contributed by atoms with Crippen LogP contribution in [0.15, 0.2) is 72.1 Å². The van der Waals surface area contributed by atoms with Crippen molar-refractivity contribution in [2.45, 2.75) is 18.6 Å². The fourth-order valence-electron chi connectivity index (χ4n) is 4.04. The maximum atomic E-state index is 13.9. The second-order valence-electron chi connectivity index (χ2n) is 7.90. The van der Waals surface area contributed by atoms with Gasteiger partial charge in [-0.05, 0) is 34.9 Å². The summed E-state index contributed by atoms with van der Waals surface area (Å²) in [5, 5.41) is 0.176. The van der Waals surface area contributed by atoms with Crippen LogP contribution in [0.2, 0.25) is 9.36 Å². The zero-order valence-corrected chi connectivity index (χ0v) is 20.9. The maximum Gasteiger partial charge on any atom is 0.431 e. The number of hydrogen-bond donors (Lipinski definition) is 1. The number of amides is 1. The standard InChI is InChI=1S/C25H19Cl2F3N4OS/c1-2-23(35)34-12-18(16-9-22(27)36-21(16)13-34)15-6-4-3-5-14(15)17(24(31)25(28,29)30)10-33-20-7-8-32-11-19(20)26/h2-11,18H,1,12-13,31H2/b24-17+,33-10?/t18-/m0/s1. The Labute approximate surface area is 219 Å². The molecule has 186 valence electrons. The summed E-state index contributed by atoms with van der Waals surface area (Å²) in [6.07, 6.45) is 0.220. The molecular formula is C25H19Cl2F3N4OS. The molecule has 1 atom stereocenters. The molecule has 11 heteroatoms. The number of aromatic nitrogens is 1. The number of thiophene rings is 1. The zero-order valence-electron chi connectivity index (χ0n) is 18.6. The monoisotopic (exact) mass is 550 g/mol. The Balaban J connectivity index is 1.89. The van der Waals surface area contributed by atoms with Crippen molar-refractivity contribution in [3.05, 3.63) is 98.1 Å². The van der Waals surface area contributed by atoms with Crippen LogP contribution in [-0.2, 0) is 11.3 Å². The summed E-state index contributed by atoms with van der Waals surface area (Å²) in [6.45, 7) is 4.13. The molecule has 2 N–H and O–H groups in total. The average Bonchev–Trinajstić information content (AvgIpc) is 3.23. The molecule has 1 amide bonds. The Morgan fingerprint density at radius 1 is 1.25 bits per heavy atom. The van der Waals surface area contributed by atoms with E-state index >= 15 is 0 Å². The van der Waals surface area contributed by atoms with Gasteiger partial charge in [-0.15, -0.1) is 11.3 Å². The maximum absolute atomic E-state index is 13.9. The van der Waals surface area contributed by atoms with Crippen LogP contribution in [0.3, 0.4) is 0 Å². The van der Waals surface area contributed by atoms with Gasteiger partial charge in [-0.25, -0.2) is 0 Å². The molecule has 0 fully saturated rings. The SMILES string of the molecule is C=CC(=O)N1Cc2sc(Cl)cc2[C@H](c2ccccc2/C(C=Nc2ccncc2Cl)=C(/N)C(F)(F)F)C1. The first-order valence-electron chi connectivity index (χ1n) is 10.6. The number of carbonyl (C=O) groups excluding carboxylic acids is 1. The van der Waals surface area contributed by atoms with E-state index < -0.39 is 17.8 Å². The number of benzene rings is 1. The number of fused-ring (bicyclic) bond motifs is 1. The van der Waals surface area contributed by atoms with Crippen molar-refractivity contribution in [1.82, 2.24) is 9.88 Å². The van der Waals surface area contributed by atoms with Gasteiger partial charge in [0.25, 0.3) is 0 Å². The minimum absolute atomic E-state index is 0.176. The van der Waals surface area contributed by atoms with Gasteiger partial charge < -0.3 is 10.6 Å². The third-order valence-corrected chi connectivity index (χ3v) is 7.27. The number of allylic oxidation sites excluding steroid dienone is 2. The predicted molar refractivity (Wildman–Crippen MR) is 138 cm³/mol. The lowest BCUT2D eigenvalue weighted by molar-refractivity contribution is -0.127. The Kier molecular flexibility index (Phi) is 7.54. The first-order valence-corrected chi connectivity index (χ1v) is 12.2. The molecule has 1 aliphatic rings. The normalized spacial score (nSPS) is 16.6. The molecule has 4 rings (SSSR count). The molecule has 3 heterocycles. The lowest BCUT2D eigenvalue weighted by atomic mass is 9.83. The molecule has 36 heavy (non-hydrogen) atoms. The predicted octanol–water partition coefficient (Wildman–Crippen LogP) is 6.74. The third-order valence-electron chi connectivity index (χ3n) is 5.72. The van der Waals surface area contributed by atoms with Crippen LogP contribution in [-0.4, -0.2) is 34.7 Å². The summed E-state index contributed by atoms with van der Waals surface area (Å²) in [6, 6.07) is 9.87. The third kappa shape index (κ3) is 5.33. The molecule has 0 bridgehead atoms. The highest BCUT2D eigenvalue weighted by molar-refractivity contribution is 7.16. The topological polar surface area (TPSA) is 71.6 Å². The Morgan fingerprint density at radius 3 is 2.69 bits per heavy atom. The largest absolute Gasteiger partial charge is 0.431 e. The first-order chi connectivity index (χ1) is 17.1. The van der Waals surface area contributed by atoms with Gasteiger partial charge in [0.05, 0.1) is 21.6 Å². The van der Waals surface area contributed by atoms with Crippen LogP contribution < -0.4 is 5.73 Å². The second-order valence-corrected chi connectivity index (χ2v) is 10.1. The molecule has 5 nitrogen and oxygen atoms in total. The summed E-state index contributed by atoms with van der Waals surface area (Å²) in [7, 11) is 0. The molecule has 0 radical (unpaired) electrons. The number of alkyl halides is 3. The Bertz CT molecular complexity index is 1380. The van der Waals surface area contributed by atoms with Gasteiger partial charge >= 0.3 is 6.18 Å². The van der Waals surface area contributed by atoms with Crippen LogP contribution in [0, 0.1) is 0 Å². The van der Waals surface area contributed by atoms with Gasteiger partial charge in [0.1, 0.15) is 5.70 Å². The van der Waals surface area contributed by atoms with E-state index in [9.17, 15) is 18.0 Å². The number of nitrogens with zero attached hydrogens (tertiary/aromatic N) is 3. The second kappa shape index (κ2) is 10.5. The summed E-state index contributed by atoms with van der Waals surface area (Å²) >= 11 is 13.7. The van der Waals surface area contributed by atoms with Crippen molar-refractivity contribution in [3.63, 3.8) is 0 Å². The van der Waals surface area contributed by atoms with Gasteiger partial charge in [0, 0.05) is 41.5 Å². The van der Waals surface area contributed by atoms with E-state index in [4.69, 9.17) is 28.9 Å². The van der Waals surface area contributed by atoms with E-state index in [0.29, 0.717) is 16.4 Å². The number of nitrogens with two attached hydrogens (primary N) is 1. The van der Waals surface area contributed by atoms with E-state index in [1.165, 1.54) is 35.9 Å². The number of aliphatic imine (C=N–C) groups is 1. The molecule has 0 spiro atoms. The van der Waals surface area contributed by atoms with Gasteiger partial charge in [0.2, 0.25) is 5.91 Å². The van der Waals surface area contributed by atoms with Crippen molar-refractivity contribution < 1.29 is 18.0 Å². The molecule has 1 aliphatic heterocycles. The summed E-state index contributed by atoms with van der Waals surface area (Å²) in [4.78, 5) is 23.0. The average molecular weight is 551 g/mol. The van der Waals surface area contributed by atoms with E-state index in [-0.39, 0.29) is 34.3 Å². The molecule has 2 aromatic heterocycles. The van der Waals surface area contributed by atoms with Gasteiger partial charge in [-0.2, -0.15) is 13.2 Å². The van der Waals surface area contributed by atoms with Crippen LogP contribution >= 0.6 is 34.5 Å². The molecular weight excluding hydrogens is 532 g/mol. The molecule has 1 aromatic carbocycles. The quantitative estimate of drug-likeness (QED) is 0.282. The molecule has 3 aromatic rings. The van der Waals surface area contributed by atoms with Gasteiger partial charge in [-0.1, -0.05) is 54.0 Å². The summed E-state index contributed by atoms with van der Waals surface area (Å²) in [5.41, 5.74) is 5.89. The summed E-state index contributed by atoms with van der Waals surface area (Å²) in [5.74, 6) is -0.737. The highest BCUT2D eigenvalue weighted by atomic mass is 35.5. The van der Waals surface area contributed by atoms with Crippen molar-refractivity contribution in [1.29, 1.82) is 0 Å². The summed E-state index contributed by atoms with van der Waals surface area (Å²) < 4.78 is 42.1. The number of pyridine rings is 1. The number of hydrogen-bond acceptors (Lipinski definition) is 5. The number of halogens is 5. The van der Waals surface area contributed by atoms with Crippen molar-refractivity contribution >= 4 is 57.9 Å². The highest BCUT2D eigenvalue weighted by Crippen LogP contribution is 2.43. The molecule has 0 aliphatic carbocycles. The van der Waals surface area contributed by atoms with Crippen molar-refractivity contribution in [2.24, 2.45) is 10.7 Å². The fraction of sp³-hybridized carbons (Fsp3) is 0.160. The molecule has 0 unspecified atom stereocenters. The lowest BCUT2D eigenvalue weighted by Gasteiger charge is -2.33. The Morgan fingerprint density at radius 2 is 2.00 bits per heavy atom. The smallest absolute Gasteiger partial charge is 0.394 e.